The number of rotatable bonds is 6. The number of amides is 1. The van der Waals surface area contributed by atoms with E-state index >= 15 is 0 Å². The minimum atomic E-state index is -1.08. The molecule has 5 nitrogen and oxygen atoms in total. The first-order valence-corrected chi connectivity index (χ1v) is 7.19. The average Bonchev–Trinajstić information content (AvgIpc) is 2.28. The van der Waals surface area contributed by atoms with Crippen LogP contribution in [-0.2, 0) is 9.59 Å². The third-order valence-electron chi connectivity index (χ3n) is 3.89. The molecule has 1 saturated carbocycles. The number of carboxylic acid groups (broad SMARTS) is 1. The van der Waals surface area contributed by atoms with Crippen molar-refractivity contribution >= 4 is 11.9 Å². The first-order chi connectivity index (χ1) is 8.89. The van der Waals surface area contributed by atoms with Gasteiger partial charge < -0.3 is 16.2 Å². The molecule has 0 aromatic carbocycles. The zero-order valence-corrected chi connectivity index (χ0v) is 11.9. The van der Waals surface area contributed by atoms with Crippen LogP contribution in [0.2, 0.25) is 0 Å². The molecular formula is C14H26N2O3. The topological polar surface area (TPSA) is 92.4 Å². The van der Waals surface area contributed by atoms with Crippen molar-refractivity contribution in [3.63, 3.8) is 0 Å². The fourth-order valence-corrected chi connectivity index (χ4v) is 2.94. The summed E-state index contributed by atoms with van der Waals surface area (Å²) in [7, 11) is 0. The lowest BCUT2D eigenvalue weighted by atomic mass is 9.76. The van der Waals surface area contributed by atoms with E-state index in [1.165, 1.54) is 0 Å². The van der Waals surface area contributed by atoms with Gasteiger partial charge in [0.05, 0.1) is 0 Å². The fourth-order valence-electron chi connectivity index (χ4n) is 2.94. The summed E-state index contributed by atoms with van der Waals surface area (Å²) in [5, 5.41) is 12.2. The summed E-state index contributed by atoms with van der Waals surface area (Å²) < 4.78 is 0. The highest BCUT2D eigenvalue weighted by molar-refractivity contribution is 5.87. The van der Waals surface area contributed by atoms with Crippen LogP contribution in [-0.4, -0.2) is 28.6 Å². The van der Waals surface area contributed by atoms with Crippen LogP contribution in [0.5, 0.6) is 0 Å². The second-order valence-corrected chi connectivity index (χ2v) is 5.89. The number of carbonyl (C=O) groups is 2. The Hall–Kier alpha value is -1.10. The zero-order chi connectivity index (χ0) is 14.5. The van der Waals surface area contributed by atoms with Gasteiger partial charge in [-0.3, -0.25) is 4.79 Å². The quantitative estimate of drug-likeness (QED) is 0.684. The second kappa shape index (κ2) is 6.89. The molecule has 0 bridgehead atoms. The molecule has 110 valence electrons. The molecule has 1 fully saturated rings. The van der Waals surface area contributed by atoms with Crippen LogP contribution in [0.25, 0.3) is 0 Å². The Bertz CT molecular complexity index is 333. The second-order valence-electron chi connectivity index (χ2n) is 5.89. The highest BCUT2D eigenvalue weighted by atomic mass is 16.4. The highest BCUT2D eigenvalue weighted by Crippen LogP contribution is 2.32. The molecule has 3 atom stereocenters. The predicted molar refractivity (Wildman–Crippen MR) is 73.6 cm³/mol. The van der Waals surface area contributed by atoms with Crippen LogP contribution in [0.4, 0.5) is 0 Å². The first kappa shape index (κ1) is 16.0. The smallest absolute Gasteiger partial charge is 0.329 e. The van der Waals surface area contributed by atoms with Crippen molar-refractivity contribution in [2.75, 3.05) is 0 Å². The van der Waals surface area contributed by atoms with Gasteiger partial charge in [-0.1, -0.05) is 33.1 Å². The van der Waals surface area contributed by atoms with Gasteiger partial charge in [0.1, 0.15) is 5.54 Å². The van der Waals surface area contributed by atoms with E-state index < -0.39 is 11.5 Å². The van der Waals surface area contributed by atoms with Crippen LogP contribution in [0.3, 0.4) is 0 Å². The molecule has 5 heteroatoms. The lowest BCUT2D eigenvalue weighted by molar-refractivity contribution is -0.150. The third kappa shape index (κ3) is 4.49. The summed E-state index contributed by atoms with van der Waals surface area (Å²) >= 11 is 0. The minimum absolute atomic E-state index is 0.183. The van der Waals surface area contributed by atoms with Gasteiger partial charge in [-0.05, 0) is 25.2 Å². The number of hydrogen-bond acceptors (Lipinski definition) is 3. The molecule has 0 heterocycles. The van der Waals surface area contributed by atoms with Crippen molar-refractivity contribution in [2.45, 2.75) is 70.4 Å². The lowest BCUT2D eigenvalue weighted by Crippen LogP contribution is -2.57. The Balaban J connectivity index is 2.63. The molecule has 0 aliphatic heterocycles. The summed E-state index contributed by atoms with van der Waals surface area (Å²) in [6, 6.07) is -0.183. The number of nitrogens with two attached hydrogens (primary N) is 1. The molecule has 0 saturated heterocycles. The maximum absolute atomic E-state index is 12.0. The van der Waals surface area contributed by atoms with Gasteiger partial charge in [-0.2, -0.15) is 0 Å². The van der Waals surface area contributed by atoms with E-state index in [4.69, 9.17) is 5.73 Å². The summed E-state index contributed by atoms with van der Waals surface area (Å²) in [5.74, 6) is -0.830. The monoisotopic (exact) mass is 270 g/mol. The molecular weight excluding hydrogens is 244 g/mol. The van der Waals surface area contributed by atoms with Crippen LogP contribution >= 0.6 is 0 Å². The van der Waals surface area contributed by atoms with Crippen LogP contribution in [0, 0.1) is 5.92 Å². The average molecular weight is 270 g/mol. The van der Waals surface area contributed by atoms with Crippen molar-refractivity contribution in [3.8, 4) is 0 Å². The van der Waals surface area contributed by atoms with E-state index in [1.807, 2.05) is 13.8 Å². The molecule has 1 aliphatic carbocycles. The van der Waals surface area contributed by atoms with Gasteiger partial charge in [-0.25, -0.2) is 4.79 Å². The van der Waals surface area contributed by atoms with E-state index in [9.17, 15) is 14.7 Å². The Morgan fingerprint density at radius 3 is 2.74 bits per heavy atom. The maximum atomic E-state index is 12.0. The Kier molecular flexibility index (Phi) is 5.79. The predicted octanol–water partition coefficient (Wildman–Crippen LogP) is 1.65. The molecule has 3 unspecified atom stereocenters. The van der Waals surface area contributed by atoms with Crippen LogP contribution < -0.4 is 11.1 Å². The largest absolute Gasteiger partial charge is 0.480 e. The Morgan fingerprint density at radius 2 is 2.21 bits per heavy atom. The molecule has 0 spiro atoms. The number of carbonyl (C=O) groups excluding carboxylic acids is 1. The van der Waals surface area contributed by atoms with Gasteiger partial charge in [0.2, 0.25) is 5.91 Å². The molecule has 1 amide bonds. The molecule has 4 N–H and O–H groups in total. The SMILES string of the molecule is CCCC(N)CC(=O)NC1(C(=O)O)CCCC(C)C1. The van der Waals surface area contributed by atoms with Gasteiger partial charge in [-0.15, -0.1) is 0 Å². The number of nitrogens with one attached hydrogen (secondary N) is 1. The van der Waals surface area contributed by atoms with Gasteiger partial charge in [0.25, 0.3) is 0 Å². The zero-order valence-electron chi connectivity index (χ0n) is 11.9. The molecule has 1 aliphatic rings. The normalized spacial score (nSPS) is 28.7. The Labute approximate surface area is 114 Å². The summed E-state index contributed by atoms with van der Waals surface area (Å²) in [6.07, 6.45) is 4.81. The van der Waals surface area contributed by atoms with E-state index in [0.717, 1.165) is 25.7 Å². The third-order valence-corrected chi connectivity index (χ3v) is 3.89. The first-order valence-electron chi connectivity index (χ1n) is 7.19. The summed E-state index contributed by atoms with van der Waals surface area (Å²) in [5.41, 5.74) is 4.75. The van der Waals surface area contributed by atoms with Gasteiger partial charge in [0, 0.05) is 12.5 Å². The van der Waals surface area contributed by atoms with Gasteiger partial charge in [0.15, 0.2) is 0 Å². The summed E-state index contributed by atoms with van der Waals surface area (Å²) in [4.78, 5) is 23.5. The van der Waals surface area contributed by atoms with Crippen molar-refractivity contribution in [1.29, 1.82) is 0 Å². The number of hydrogen-bond donors (Lipinski definition) is 3. The van der Waals surface area contributed by atoms with Crippen molar-refractivity contribution in [3.05, 3.63) is 0 Å². The van der Waals surface area contributed by atoms with E-state index in [1.54, 1.807) is 0 Å². The Morgan fingerprint density at radius 1 is 1.53 bits per heavy atom. The van der Waals surface area contributed by atoms with Crippen LogP contribution in [0.15, 0.2) is 0 Å². The lowest BCUT2D eigenvalue weighted by Gasteiger charge is -2.37. The van der Waals surface area contributed by atoms with Crippen molar-refractivity contribution in [1.82, 2.24) is 5.32 Å². The van der Waals surface area contributed by atoms with Crippen LogP contribution in [0.1, 0.15) is 58.8 Å². The van der Waals surface area contributed by atoms with Crippen molar-refractivity contribution in [2.24, 2.45) is 11.7 Å². The highest BCUT2D eigenvalue weighted by Gasteiger charge is 2.43. The fraction of sp³-hybridized carbons (Fsp3) is 0.857. The molecule has 0 aromatic heterocycles. The van der Waals surface area contributed by atoms with Gasteiger partial charge >= 0.3 is 5.97 Å². The molecule has 1 rings (SSSR count). The molecule has 0 aromatic rings. The van der Waals surface area contributed by atoms with E-state index in [0.29, 0.717) is 18.8 Å². The summed E-state index contributed by atoms with van der Waals surface area (Å²) in [6.45, 7) is 4.05. The van der Waals surface area contributed by atoms with E-state index in [2.05, 4.69) is 5.32 Å². The molecule has 19 heavy (non-hydrogen) atoms. The standard InChI is InChI=1S/C14H26N2O3/c1-3-5-11(15)8-12(17)16-14(13(18)19)7-4-6-10(2)9-14/h10-11H,3-9,15H2,1-2H3,(H,16,17)(H,18,19). The number of carboxylic acids is 1. The number of aliphatic carboxylic acids is 1. The van der Waals surface area contributed by atoms with E-state index in [-0.39, 0.29) is 18.4 Å². The maximum Gasteiger partial charge on any atom is 0.329 e. The molecule has 0 radical (unpaired) electrons. The van der Waals surface area contributed by atoms with Crippen molar-refractivity contribution < 1.29 is 14.7 Å². The minimum Gasteiger partial charge on any atom is -0.480 e.